The van der Waals surface area contributed by atoms with Crippen molar-refractivity contribution in [2.45, 2.75) is 44.5 Å². The second-order valence-electron chi connectivity index (χ2n) is 11.3. The Labute approximate surface area is 274 Å². The predicted octanol–water partition coefficient (Wildman–Crippen LogP) is 7.36. The number of hydrogen-bond acceptors (Lipinski definition) is 8. The van der Waals surface area contributed by atoms with E-state index in [9.17, 15) is 9.90 Å². The number of rotatable bonds is 17. The van der Waals surface area contributed by atoms with Crippen LogP contribution in [0.5, 0.6) is 17.2 Å². The summed E-state index contributed by atoms with van der Waals surface area (Å²) in [4.78, 5) is 13.3. The number of piperidine rings is 1. The summed E-state index contributed by atoms with van der Waals surface area (Å²) in [7, 11) is 3.33. The molecular formula is C36H43NO8S. The molecule has 4 aromatic rings. The number of carbonyl (C=O) groups is 1. The number of amides is 1. The summed E-state index contributed by atoms with van der Waals surface area (Å²) in [5.74, 6) is 2.34. The van der Waals surface area contributed by atoms with Crippen LogP contribution in [-0.2, 0) is 27.4 Å². The van der Waals surface area contributed by atoms with Crippen molar-refractivity contribution in [3.8, 4) is 17.2 Å². The standard InChI is InChI=1S/C36H43NO8S/c1-40-15-4-18-44-34-21-27(20-32-31(34)6-3-7-33(32)41-2)24-45-35-22-37(36(38)39)14-12-30(35)28-8-10-29(11-9-28)43-17-5-16-42-23-26-13-19-46-25-26/h3,6-11,13,19-21,25,30,35H,4-5,12,14-18,22-24H2,1-2H3,(H,38,39). The van der Waals surface area contributed by atoms with Crippen molar-refractivity contribution in [2.75, 3.05) is 53.7 Å². The first-order valence-electron chi connectivity index (χ1n) is 15.7. The van der Waals surface area contributed by atoms with E-state index >= 15 is 0 Å². The molecule has 0 aliphatic carbocycles. The number of benzene rings is 3. The highest BCUT2D eigenvalue weighted by atomic mass is 32.1. The van der Waals surface area contributed by atoms with Gasteiger partial charge in [0.05, 0.1) is 52.8 Å². The van der Waals surface area contributed by atoms with Crippen LogP contribution in [0.1, 0.15) is 41.9 Å². The summed E-state index contributed by atoms with van der Waals surface area (Å²) in [5.41, 5.74) is 3.22. The van der Waals surface area contributed by atoms with Gasteiger partial charge in [-0.3, -0.25) is 0 Å². The van der Waals surface area contributed by atoms with Gasteiger partial charge in [-0.15, -0.1) is 0 Å². The van der Waals surface area contributed by atoms with E-state index in [1.165, 1.54) is 10.5 Å². The molecule has 3 aromatic carbocycles. The number of nitrogens with zero attached hydrogens (tertiary/aromatic N) is 1. The molecule has 1 N–H and O–H groups in total. The number of fused-ring (bicyclic) bond motifs is 1. The van der Waals surface area contributed by atoms with Crippen LogP contribution >= 0.6 is 11.3 Å². The lowest BCUT2D eigenvalue weighted by molar-refractivity contribution is -0.0199. The molecule has 1 aliphatic heterocycles. The van der Waals surface area contributed by atoms with Gasteiger partial charge in [0.15, 0.2) is 0 Å². The highest BCUT2D eigenvalue weighted by Gasteiger charge is 2.33. The maximum Gasteiger partial charge on any atom is 0.407 e. The van der Waals surface area contributed by atoms with Gasteiger partial charge in [-0.05, 0) is 70.3 Å². The van der Waals surface area contributed by atoms with Crippen LogP contribution in [0.15, 0.2) is 71.4 Å². The average molecular weight is 650 g/mol. The third-order valence-electron chi connectivity index (χ3n) is 8.10. The zero-order valence-electron chi connectivity index (χ0n) is 26.5. The van der Waals surface area contributed by atoms with Crippen LogP contribution in [0.4, 0.5) is 4.79 Å². The van der Waals surface area contributed by atoms with Crippen LogP contribution < -0.4 is 14.2 Å². The van der Waals surface area contributed by atoms with Crippen LogP contribution in [0.2, 0.25) is 0 Å². The summed E-state index contributed by atoms with van der Waals surface area (Å²) in [6.07, 6.45) is 0.980. The van der Waals surface area contributed by atoms with Crippen LogP contribution in [0.25, 0.3) is 10.8 Å². The van der Waals surface area contributed by atoms with Crippen molar-refractivity contribution in [2.24, 2.45) is 0 Å². The Morgan fingerprint density at radius 1 is 0.891 bits per heavy atom. The first kappa shape index (κ1) is 33.5. The van der Waals surface area contributed by atoms with Crippen molar-refractivity contribution in [3.63, 3.8) is 0 Å². The van der Waals surface area contributed by atoms with Crippen LogP contribution in [-0.4, -0.2) is 75.9 Å². The van der Waals surface area contributed by atoms with Crippen molar-refractivity contribution in [1.29, 1.82) is 0 Å². The first-order valence-corrected chi connectivity index (χ1v) is 16.6. The van der Waals surface area contributed by atoms with Crippen molar-refractivity contribution < 1.29 is 38.3 Å². The zero-order valence-corrected chi connectivity index (χ0v) is 27.3. The van der Waals surface area contributed by atoms with Gasteiger partial charge < -0.3 is 38.4 Å². The molecule has 2 heterocycles. The van der Waals surface area contributed by atoms with Gasteiger partial charge in [0, 0.05) is 49.8 Å². The monoisotopic (exact) mass is 649 g/mol. The zero-order chi connectivity index (χ0) is 32.1. The highest BCUT2D eigenvalue weighted by molar-refractivity contribution is 7.07. The van der Waals surface area contributed by atoms with Crippen LogP contribution in [0.3, 0.4) is 0 Å². The van der Waals surface area contributed by atoms with Crippen molar-refractivity contribution in [1.82, 2.24) is 4.90 Å². The van der Waals surface area contributed by atoms with E-state index in [1.54, 1.807) is 25.6 Å². The smallest absolute Gasteiger partial charge is 0.407 e. The van der Waals surface area contributed by atoms with Gasteiger partial charge in [-0.2, -0.15) is 11.3 Å². The molecular weight excluding hydrogens is 606 g/mol. The molecule has 0 spiro atoms. The fourth-order valence-electron chi connectivity index (χ4n) is 5.72. The SMILES string of the molecule is COCCCOc1cc(COC2CN(C(=O)O)CCC2c2ccc(OCCCOCc3ccsc3)cc2)cc2c(OC)cccc12. The Balaban J connectivity index is 1.23. The lowest BCUT2D eigenvalue weighted by Crippen LogP contribution is -2.46. The number of carboxylic acid groups (broad SMARTS) is 1. The largest absolute Gasteiger partial charge is 0.496 e. The minimum atomic E-state index is -0.933. The normalized spacial score (nSPS) is 16.4. The molecule has 5 rings (SSSR count). The quantitative estimate of drug-likeness (QED) is 0.119. The number of hydrogen-bond donors (Lipinski definition) is 1. The van der Waals surface area contributed by atoms with Gasteiger partial charge in [-0.1, -0.05) is 24.3 Å². The summed E-state index contributed by atoms with van der Waals surface area (Å²) in [6.45, 7) is 4.02. The lowest BCUT2D eigenvalue weighted by Gasteiger charge is -2.37. The molecule has 2 unspecified atom stereocenters. The second-order valence-corrected chi connectivity index (χ2v) is 12.1. The summed E-state index contributed by atoms with van der Waals surface area (Å²) < 4.78 is 35.2. The number of methoxy groups -OCH3 is 2. The Bertz CT molecular complexity index is 1510. The first-order chi connectivity index (χ1) is 22.6. The Hall–Kier alpha value is -3.83. The van der Waals surface area contributed by atoms with E-state index in [2.05, 4.69) is 35.0 Å². The Morgan fingerprint density at radius 3 is 2.48 bits per heavy atom. The van der Waals surface area contributed by atoms with E-state index in [-0.39, 0.29) is 12.0 Å². The van der Waals surface area contributed by atoms with Crippen LogP contribution in [0, 0.1) is 0 Å². The molecule has 2 atom stereocenters. The Kier molecular flexibility index (Phi) is 12.5. The minimum absolute atomic E-state index is 0.0370. The minimum Gasteiger partial charge on any atom is -0.496 e. The van der Waals surface area contributed by atoms with E-state index in [0.29, 0.717) is 59.2 Å². The third kappa shape index (κ3) is 9.13. The summed E-state index contributed by atoms with van der Waals surface area (Å²) in [6, 6.07) is 20.1. The molecule has 1 saturated heterocycles. The topological polar surface area (TPSA) is 95.9 Å². The number of likely N-dealkylation sites (tertiary alicyclic amines) is 1. The van der Waals surface area contributed by atoms with E-state index in [1.807, 2.05) is 36.4 Å². The van der Waals surface area contributed by atoms with Gasteiger partial charge in [-0.25, -0.2) is 4.79 Å². The summed E-state index contributed by atoms with van der Waals surface area (Å²) in [5, 5.41) is 15.8. The van der Waals surface area contributed by atoms with Gasteiger partial charge in [0.25, 0.3) is 0 Å². The maximum atomic E-state index is 11.9. The molecule has 1 aromatic heterocycles. The molecule has 10 heteroatoms. The third-order valence-corrected chi connectivity index (χ3v) is 8.83. The molecule has 1 amide bonds. The van der Waals surface area contributed by atoms with Crippen molar-refractivity contribution in [3.05, 3.63) is 88.1 Å². The predicted molar refractivity (Wildman–Crippen MR) is 179 cm³/mol. The second kappa shape index (κ2) is 17.2. The highest BCUT2D eigenvalue weighted by Crippen LogP contribution is 2.36. The molecule has 1 aliphatic rings. The van der Waals surface area contributed by atoms with Gasteiger partial charge in [0.2, 0.25) is 0 Å². The number of thiophene rings is 1. The molecule has 246 valence electrons. The molecule has 0 saturated carbocycles. The fourth-order valence-corrected chi connectivity index (χ4v) is 6.37. The fraction of sp³-hybridized carbons (Fsp3) is 0.417. The molecule has 9 nitrogen and oxygen atoms in total. The lowest BCUT2D eigenvalue weighted by atomic mass is 9.87. The van der Waals surface area contributed by atoms with E-state index in [0.717, 1.165) is 52.0 Å². The molecule has 0 radical (unpaired) electrons. The molecule has 46 heavy (non-hydrogen) atoms. The average Bonchev–Trinajstić information content (AvgIpc) is 3.61. The van der Waals surface area contributed by atoms with Crippen molar-refractivity contribution >= 4 is 28.2 Å². The molecule has 1 fully saturated rings. The van der Waals surface area contributed by atoms with E-state index in [4.69, 9.17) is 28.4 Å². The Morgan fingerprint density at radius 2 is 1.72 bits per heavy atom. The number of ether oxygens (including phenoxy) is 6. The van der Waals surface area contributed by atoms with Gasteiger partial charge in [0.1, 0.15) is 17.2 Å². The van der Waals surface area contributed by atoms with Gasteiger partial charge >= 0.3 is 6.09 Å². The van der Waals surface area contributed by atoms with E-state index < -0.39 is 6.09 Å². The maximum absolute atomic E-state index is 11.9. The summed E-state index contributed by atoms with van der Waals surface area (Å²) >= 11 is 1.67. The molecule has 0 bridgehead atoms.